The minimum atomic E-state index is -0.293. The predicted molar refractivity (Wildman–Crippen MR) is 92.3 cm³/mol. The van der Waals surface area contributed by atoms with Gasteiger partial charge in [-0.15, -0.1) is 11.6 Å². The van der Waals surface area contributed by atoms with E-state index in [1.54, 1.807) is 19.2 Å². The number of amides is 1. The molecule has 1 aromatic carbocycles. The van der Waals surface area contributed by atoms with E-state index >= 15 is 0 Å². The zero-order valence-electron chi connectivity index (χ0n) is 13.2. The third-order valence-electron chi connectivity index (χ3n) is 5.88. The van der Waals surface area contributed by atoms with Crippen LogP contribution in [-0.2, 0) is 4.79 Å². The summed E-state index contributed by atoms with van der Waals surface area (Å²) in [7, 11) is 1.58. The van der Waals surface area contributed by atoms with Gasteiger partial charge >= 0.3 is 0 Å². The summed E-state index contributed by atoms with van der Waals surface area (Å²) >= 11 is 13.0. The van der Waals surface area contributed by atoms with Crippen LogP contribution in [0, 0.1) is 17.3 Å². The maximum Gasteiger partial charge on any atom is 0.230 e. The average Bonchev–Trinajstić information content (AvgIpc) is 2.44. The molecule has 1 N–H and O–H groups in total. The molecular weight excluding hydrogens is 333 g/mol. The fourth-order valence-corrected chi connectivity index (χ4v) is 6.37. The smallest absolute Gasteiger partial charge is 0.230 e. The second kappa shape index (κ2) is 5.29. The second-order valence-corrected chi connectivity index (χ2v) is 8.90. The summed E-state index contributed by atoms with van der Waals surface area (Å²) in [5.74, 6) is 1.94. The van der Waals surface area contributed by atoms with Gasteiger partial charge in [0.1, 0.15) is 5.75 Å². The van der Waals surface area contributed by atoms with Gasteiger partial charge < -0.3 is 10.1 Å². The lowest BCUT2D eigenvalue weighted by Crippen LogP contribution is -2.57. The van der Waals surface area contributed by atoms with Gasteiger partial charge in [-0.25, -0.2) is 0 Å². The van der Waals surface area contributed by atoms with Crippen LogP contribution in [0.15, 0.2) is 18.2 Å². The lowest BCUT2D eigenvalue weighted by Gasteiger charge is -2.59. The average molecular weight is 354 g/mol. The molecule has 0 aliphatic heterocycles. The molecule has 1 aromatic rings. The Morgan fingerprint density at radius 2 is 1.96 bits per heavy atom. The summed E-state index contributed by atoms with van der Waals surface area (Å²) in [5.41, 5.74) is 0.429. The molecule has 0 radical (unpaired) electrons. The molecule has 4 saturated carbocycles. The Morgan fingerprint density at radius 1 is 1.26 bits per heavy atom. The maximum atomic E-state index is 13.0. The van der Waals surface area contributed by atoms with Crippen LogP contribution >= 0.6 is 23.2 Å². The van der Waals surface area contributed by atoms with Crippen LogP contribution in [0.4, 0.5) is 5.69 Å². The lowest BCUT2D eigenvalue weighted by atomic mass is 9.49. The van der Waals surface area contributed by atoms with Crippen molar-refractivity contribution in [2.24, 2.45) is 17.3 Å². The van der Waals surface area contributed by atoms with Crippen LogP contribution in [0.2, 0.25) is 5.02 Å². The number of hydrogen-bond donors (Lipinski definition) is 1. The summed E-state index contributed by atoms with van der Waals surface area (Å²) in [4.78, 5) is 12.9. The van der Waals surface area contributed by atoms with Gasteiger partial charge in [-0.3, -0.25) is 4.79 Å². The standard InChI is InChI=1S/C18H21Cl2NO2/c1-23-15-3-2-13(5-14(15)19)21-16(22)17-6-11-4-12(7-17)9-18(20,8-11)10-17/h2-3,5,11-12H,4,6-10H2,1H3,(H,21,22)/t11-,12-,17?,18?/m0/s1. The quantitative estimate of drug-likeness (QED) is 0.787. The van der Waals surface area contributed by atoms with Gasteiger partial charge in [0.15, 0.2) is 0 Å². The first-order valence-electron chi connectivity index (χ1n) is 8.25. The molecule has 5 rings (SSSR count). The number of methoxy groups -OCH3 is 1. The Morgan fingerprint density at radius 3 is 2.52 bits per heavy atom. The monoisotopic (exact) mass is 353 g/mol. The van der Waals surface area contributed by atoms with Crippen molar-refractivity contribution < 1.29 is 9.53 Å². The minimum absolute atomic E-state index is 0.109. The van der Waals surface area contributed by atoms with E-state index in [-0.39, 0.29) is 16.2 Å². The van der Waals surface area contributed by atoms with E-state index < -0.39 is 0 Å². The topological polar surface area (TPSA) is 38.3 Å². The molecule has 4 aliphatic carbocycles. The van der Waals surface area contributed by atoms with Crippen molar-refractivity contribution in [3.8, 4) is 5.75 Å². The summed E-state index contributed by atoms with van der Waals surface area (Å²) in [6.07, 6.45) is 6.17. The number of carbonyl (C=O) groups excluding carboxylic acids is 1. The molecule has 124 valence electrons. The van der Waals surface area contributed by atoms with Crippen molar-refractivity contribution in [1.82, 2.24) is 0 Å². The molecule has 23 heavy (non-hydrogen) atoms. The van der Waals surface area contributed by atoms with Gasteiger partial charge in [0.25, 0.3) is 0 Å². The molecule has 4 fully saturated rings. The molecule has 2 atom stereocenters. The van der Waals surface area contributed by atoms with E-state index in [1.165, 1.54) is 6.42 Å². The lowest BCUT2D eigenvalue weighted by molar-refractivity contribution is -0.138. The third-order valence-corrected chi connectivity index (χ3v) is 6.62. The first kappa shape index (κ1) is 15.6. The Bertz CT molecular complexity index is 646. The molecule has 5 heteroatoms. The van der Waals surface area contributed by atoms with Crippen molar-refractivity contribution in [2.75, 3.05) is 12.4 Å². The zero-order valence-corrected chi connectivity index (χ0v) is 14.7. The first-order valence-corrected chi connectivity index (χ1v) is 9.01. The van der Waals surface area contributed by atoms with Gasteiger partial charge in [0, 0.05) is 10.6 Å². The van der Waals surface area contributed by atoms with Crippen molar-refractivity contribution in [3.63, 3.8) is 0 Å². The fourth-order valence-electron chi connectivity index (χ4n) is 5.42. The number of halogens is 2. The molecular formula is C18H21Cl2NO2. The number of hydrogen-bond acceptors (Lipinski definition) is 2. The van der Waals surface area contributed by atoms with Crippen molar-refractivity contribution >= 4 is 34.8 Å². The van der Waals surface area contributed by atoms with Crippen LogP contribution in [-0.4, -0.2) is 17.9 Å². The minimum Gasteiger partial charge on any atom is -0.495 e. The Kier molecular flexibility index (Phi) is 3.58. The van der Waals surface area contributed by atoms with Gasteiger partial charge in [0.2, 0.25) is 5.91 Å². The number of anilines is 1. The molecule has 4 aliphatic rings. The number of benzene rings is 1. The largest absolute Gasteiger partial charge is 0.495 e. The Labute approximate surface area is 146 Å². The maximum absolute atomic E-state index is 13.0. The number of alkyl halides is 1. The SMILES string of the molecule is COc1ccc(NC(=O)C23C[C@@H]4C[C@H](CC(Cl)(C4)C2)C3)cc1Cl. The summed E-state index contributed by atoms with van der Waals surface area (Å²) in [6, 6.07) is 5.36. The van der Waals surface area contributed by atoms with E-state index in [0.29, 0.717) is 22.6 Å². The van der Waals surface area contributed by atoms with Crippen molar-refractivity contribution in [1.29, 1.82) is 0 Å². The van der Waals surface area contributed by atoms with Crippen LogP contribution < -0.4 is 10.1 Å². The fraction of sp³-hybridized carbons (Fsp3) is 0.611. The zero-order chi connectivity index (χ0) is 16.2. The van der Waals surface area contributed by atoms with Gasteiger partial charge in [-0.2, -0.15) is 0 Å². The van der Waals surface area contributed by atoms with Crippen molar-refractivity contribution in [2.45, 2.75) is 43.4 Å². The third kappa shape index (κ3) is 2.62. The van der Waals surface area contributed by atoms with E-state index in [4.69, 9.17) is 27.9 Å². The summed E-state index contributed by atoms with van der Waals surface area (Å²) in [5, 5.41) is 3.58. The number of ether oxygens (including phenoxy) is 1. The molecule has 0 heterocycles. The van der Waals surface area contributed by atoms with Gasteiger partial charge in [0.05, 0.1) is 17.5 Å². The highest BCUT2D eigenvalue weighted by atomic mass is 35.5. The molecule has 0 aromatic heterocycles. The van der Waals surface area contributed by atoms with Crippen LogP contribution in [0.25, 0.3) is 0 Å². The van der Waals surface area contributed by atoms with E-state index in [0.717, 1.165) is 37.8 Å². The van der Waals surface area contributed by atoms with E-state index in [1.807, 2.05) is 6.07 Å². The first-order chi connectivity index (χ1) is 10.9. The Hall–Kier alpha value is -0.930. The number of nitrogens with one attached hydrogen (secondary N) is 1. The van der Waals surface area contributed by atoms with Gasteiger partial charge in [-0.1, -0.05) is 11.6 Å². The van der Waals surface area contributed by atoms with Crippen LogP contribution in [0.3, 0.4) is 0 Å². The molecule has 0 spiro atoms. The number of carbonyl (C=O) groups is 1. The molecule has 0 saturated heterocycles. The molecule has 3 nitrogen and oxygen atoms in total. The summed E-state index contributed by atoms with van der Waals surface area (Å²) < 4.78 is 5.16. The summed E-state index contributed by atoms with van der Waals surface area (Å²) in [6.45, 7) is 0. The number of rotatable bonds is 3. The van der Waals surface area contributed by atoms with Crippen LogP contribution in [0.5, 0.6) is 5.75 Å². The highest BCUT2D eigenvalue weighted by Gasteiger charge is 2.60. The van der Waals surface area contributed by atoms with Crippen LogP contribution in [0.1, 0.15) is 38.5 Å². The predicted octanol–water partition coefficient (Wildman–Crippen LogP) is 4.86. The molecule has 1 amide bonds. The molecule has 4 bridgehead atoms. The van der Waals surface area contributed by atoms with E-state index in [2.05, 4.69) is 5.32 Å². The van der Waals surface area contributed by atoms with Crippen molar-refractivity contribution in [3.05, 3.63) is 23.2 Å². The second-order valence-electron chi connectivity index (χ2n) is 7.70. The highest BCUT2D eigenvalue weighted by Crippen LogP contribution is 2.64. The highest BCUT2D eigenvalue weighted by molar-refractivity contribution is 6.32. The normalized spacial score (nSPS) is 37.7. The Balaban J connectivity index is 1.56. The van der Waals surface area contributed by atoms with Gasteiger partial charge in [-0.05, 0) is 68.6 Å². The van der Waals surface area contributed by atoms with E-state index in [9.17, 15) is 4.79 Å². The molecule has 0 unspecified atom stereocenters.